The Kier molecular flexibility index (Phi) is 5.33. The molecule has 0 saturated carbocycles. The number of rotatable bonds is 4. The average Bonchev–Trinajstić information content (AvgIpc) is 3.29. The summed E-state index contributed by atoms with van der Waals surface area (Å²) in [5.41, 5.74) is 6.99. The fraction of sp³-hybridized carbons (Fsp3) is 0.250. The molecule has 1 heterocycles. The van der Waals surface area contributed by atoms with Crippen molar-refractivity contribution < 1.29 is 4.79 Å². The molecule has 33 heavy (non-hydrogen) atoms. The van der Waals surface area contributed by atoms with Crippen molar-refractivity contribution >= 4 is 22.4 Å². The van der Waals surface area contributed by atoms with Gasteiger partial charge in [-0.05, 0) is 81.0 Å². The van der Waals surface area contributed by atoms with Crippen LogP contribution in [0.3, 0.4) is 0 Å². The molecule has 4 aromatic rings. The number of aryl methyl sites for hydroxylation is 4. The summed E-state index contributed by atoms with van der Waals surface area (Å²) in [7, 11) is 0. The van der Waals surface area contributed by atoms with Crippen molar-refractivity contribution in [2.24, 2.45) is 0 Å². The van der Waals surface area contributed by atoms with Gasteiger partial charge in [0.05, 0.1) is 11.1 Å². The topological polar surface area (TPSA) is 64.0 Å². The van der Waals surface area contributed by atoms with Crippen LogP contribution in [0.2, 0.25) is 0 Å². The van der Waals surface area contributed by atoms with Crippen LogP contribution in [0.1, 0.15) is 41.6 Å². The van der Waals surface area contributed by atoms with Crippen molar-refractivity contribution in [1.29, 1.82) is 0 Å². The third kappa shape index (κ3) is 3.84. The molecule has 1 N–H and O–H groups in total. The molecule has 3 aromatic carbocycles. The molecule has 1 aromatic heterocycles. The Morgan fingerprint density at radius 3 is 2.55 bits per heavy atom. The van der Waals surface area contributed by atoms with E-state index in [4.69, 9.17) is 5.10 Å². The lowest BCUT2D eigenvalue weighted by Crippen LogP contribution is -2.34. The van der Waals surface area contributed by atoms with Crippen LogP contribution in [0.5, 0.6) is 0 Å². The number of benzene rings is 3. The van der Waals surface area contributed by atoms with Gasteiger partial charge in [0.1, 0.15) is 6.04 Å². The second kappa shape index (κ2) is 8.32. The van der Waals surface area contributed by atoms with E-state index in [1.54, 1.807) is 13.0 Å². The lowest BCUT2D eigenvalue weighted by molar-refractivity contribution is -0.119. The zero-order chi connectivity index (χ0) is 23.1. The second-order valence-electron chi connectivity index (χ2n) is 8.96. The predicted octanol–water partition coefficient (Wildman–Crippen LogP) is 5.37. The quantitative estimate of drug-likeness (QED) is 0.467. The molecule has 0 fully saturated rings. The van der Waals surface area contributed by atoms with Crippen LogP contribution in [-0.4, -0.2) is 15.7 Å². The number of hydrogen-bond donors (Lipinski definition) is 1. The fourth-order valence-corrected chi connectivity index (χ4v) is 4.67. The summed E-state index contributed by atoms with van der Waals surface area (Å²) < 4.78 is 1.32. The summed E-state index contributed by atoms with van der Waals surface area (Å²) in [5.74, 6) is -0.259. The van der Waals surface area contributed by atoms with Gasteiger partial charge in [0.15, 0.2) is 0 Å². The Balaban J connectivity index is 1.57. The molecule has 0 radical (unpaired) electrons. The largest absolute Gasteiger partial charge is 0.324 e. The highest BCUT2D eigenvalue weighted by Gasteiger charge is 2.22. The smallest absolute Gasteiger partial charge is 0.275 e. The van der Waals surface area contributed by atoms with E-state index in [9.17, 15) is 9.59 Å². The molecule has 5 heteroatoms. The van der Waals surface area contributed by atoms with Crippen molar-refractivity contribution in [2.75, 3.05) is 5.32 Å². The minimum Gasteiger partial charge on any atom is -0.324 e. The molecule has 1 amide bonds. The van der Waals surface area contributed by atoms with Gasteiger partial charge >= 0.3 is 0 Å². The van der Waals surface area contributed by atoms with Gasteiger partial charge in [-0.15, -0.1) is 0 Å². The maximum Gasteiger partial charge on any atom is 0.275 e. The summed E-state index contributed by atoms with van der Waals surface area (Å²) in [6.07, 6.45) is 3.29. The maximum atomic E-state index is 13.3. The van der Waals surface area contributed by atoms with Gasteiger partial charge in [0, 0.05) is 16.6 Å². The average molecular weight is 438 g/mol. The molecule has 1 unspecified atom stereocenters. The van der Waals surface area contributed by atoms with Crippen LogP contribution in [0.15, 0.2) is 65.5 Å². The van der Waals surface area contributed by atoms with Crippen molar-refractivity contribution in [2.45, 2.75) is 46.1 Å². The summed E-state index contributed by atoms with van der Waals surface area (Å²) in [6.45, 7) is 5.79. The molecule has 1 aliphatic rings. The Morgan fingerprint density at radius 2 is 1.73 bits per heavy atom. The van der Waals surface area contributed by atoms with E-state index in [1.165, 1.54) is 15.8 Å². The SMILES string of the molecule is Cc1ccc(C)c(-c2nn(C(C)C(=O)Nc3ccc4c(c3)CCC4)c(=O)c3ccccc23)c1. The zero-order valence-corrected chi connectivity index (χ0v) is 19.2. The number of aromatic nitrogens is 2. The van der Waals surface area contributed by atoms with E-state index in [2.05, 4.69) is 29.6 Å². The highest BCUT2D eigenvalue weighted by molar-refractivity contribution is 5.96. The van der Waals surface area contributed by atoms with Crippen molar-refractivity contribution in [1.82, 2.24) is 9.78 Å². The summed E-state index contributed by atoms with van der Waals surface area (Å²) in [5, 5.41) is 9.07. The number of carbonyl (C=O) groups excluding carboxylic acids is 1. The first-order chi connectivity index (χ1) is 15.9. The minimum absolute atomic E-state index is 0.259. The number of amides is 1. The lowest BCUT2D eigenvalue weighted by Gasteiger charge is -2.18. The third-order valence-electron chi connectivity index (χ3n) is 6.59. The number of hydrogen-bond acceptors (Lipinski definition) is 3. The van der Waals surface area contributed by atoms with Crippen LogP contribution in [0, 0.1) is 13.8 Å². The van der Waals surface area contributed by atoms with Gasteiger partial charge in [0.25, 0.3) is 5.56 Å². The van der Waals surface area contributed by atoms with Crippen LogP contribution in [-0.2, 0) is 17.6 Å². The van der Waals surface area contributed by atoms with Gasteiger partial charge in [-0.3, -0.25) is 9.59 Å². The van der Waals surface area contributed by atoms with Gasteiger partial charge in [-0.25, -0.2) is 4.68 Å². The van der Waals surface area contributed by atoms with Crippen molar-refractivity contribution in [3.05, 3.63) is 93.3 Å². The van der Waals surface area contributed by atoms with E-state index in [0.717, 1.165) is 47.0 Å². The summed E-state index contributed by atoms with van der Waals surface area (Å²) >= 11 is 0. The van der Waals surface area contributed by atoms with Crippen LogP contribution in [0.4, 0.5) is 5.69 Å². The Labute approximate surface area is 193 Å². The number of carbonyl (C=O) groups is 1. The molecule has 1 atom stereocenters. The van der Waals surface area contributed by atoms with Crippen LogP contribution >= 0.6 is 0 Å². The van der Waals surface area contributed by atoms with Crippen LogP contribution < -0.4 is 10.9 Å². The molecule has 166 valence electrons. The Morgan fingerprint density at radius 1 is 0.970 bits per heavy atom. The van der Waals surface area contributed by atoms with E-state index in [-0.39, 0.29) is 11.5 Å². The highest BCUT2D eigenvalue weighted by Crippen LogP contribution is 2.29. The van der Waals surface area contributed by atoms with Gasteiger partial charge < -0.3 is 5.32 Å². The van der Waals surface area contributed by atoms with Gasteiger partial charge in [-0.2, -0.15) is 5.10 Å². The fourth-order valence-electron chi connectivity index (χ4n) is 4.67. The monoisotopic (exact) mass is 437 g/mol. The molecule has 0 aliphatic heterocycles. The Bertz CT molecular complexity index is 1450. The minimum atomic E-state index is -0.765. The molecular weight excluding hydrogens is 410 g/mol. The van der Waals surface area contributed by atoms with Crippen molar-refractivity contribution in [3.8, 4) is 11.3 Å². The maximum absolute atomic E-state index is 13.3. The van der Waals surface area contributed by atoms with E-state index in [1.807, 2.05) is 44.2 Å². The lowest BCUT2D eigenvalue weighted by atomic mass is 9.99. The molecule has 5 nitrogen and oxygen atoms in total. The molecular formula is C28H27N3O2. The standard InChI is InChI=1S/C28H27N3O2/c1-17-11-12-18(2)25(15-17)26-23-9-4-5-10-24(23)28(33)31(30-26)19(3)27(32)29-22-14-13-20-7-6-8-21(20)16-22/h4-5,9-16,19H,6-8H2,1-3H3,(H,29,32). The first-order valence-electron chi connectivity index (χ1n) is 11.4. The van der Waals surface area contributed by atoms with Gasteiger partial charge in [-0.1, -0.05) is 42.0 Å². The summed E-state index contributed by atoms with van der Waals surface area (Å²) in [6, 6.07) is 19.0. The number of anilines is 1. The molecule has 1 aliphatic carbocycles. The molecule has 0 saturated heterocycles. The van der Waals surface area contributed by atoms with E-state index < -0.39 is 6.04 Å². The predicted molar refractivity (Wildman–Crippen MR) is 133 cm³/mol. The first-order valence-corrected chi connectivity index (χ1v) is 11.4. The third-order valence-corrected chi connectivity index (χ3v) is 6.59. The first kappa shape index (κ1) is 21.1. The Hall–Kier alpha value is -3.73. The second-order valence-corrected chi connectivity index (χ2v) is 8.96. The molecule has 0 spiro atoms. The van der Waals surface area contributed by atoms with E-state index >= 15 is 0 Å². The zero-order valence-electron chi connectivity index (χ0n) is 19.2. The van der Waals surface area contributed by atoms with Crippen molar-refractivity contribution in [3.63, 3.8) is 0 Å². The summed E-state index contributed by atoms with van der Waals surface area (Å²) in [4.78, 5) is 26.5. The number of fused-ring (bicyclic) bond motifs is 2. The number of nitrogens with one attached hydrogen (secondary N) is 1. The highest BCUT2D eigenvalue weighted by atomic mass is 16.2. The van der Waals surface area contributed by atoms with Gasteiger partial charge in [0.2, 0.25) is 5.91 Å². The number of nitrogens with zero attached hydrogens (tertiary/aromatic N) is 2. The normalized spacial score (nSPS) is 13.7. The molecule has 5 rings (SSSR count). The molecule has 0 bridgehead atoms. The van der Waals surface area contributed by atoms with E-state index in [0.29, 0.717) is 11.1 Å². The van der Waals surface area contributed by atoms with Crippen LogP contribution in [0.25, 0.3) is 22.0 Å².